The van der Waals surface area contributed by atoms with E-state index in [2.05, 4.69) is 29.0 Å². The summed E-state index contributed by atoms with van der Waals surface area (Å²) in [4.78, 5) is 19.2. The molecule has 0 saturated carbocycles. The van der Waals surface area contributed by atoms with Crippen LogP contribution in [0.4, 0.5) is 0 Å². The minimum absolute atomic E-state index is 0.0467. The van der Waals surface area contributed by atoms with Crippen LogP contribution in [0, 0.1) is 12.8 Å². The van der Waals surface area contributed by atoms with E-state index < -0.39 is 0 Å². The van der Waals surface area contributed by atoms with Crippen LogP contribution in [0.25, 0.3) is 0 Å². The van der Waals surface area contributed by atoms with Gasteiger partial charge in [-0.05, 0) is 12.8 Å². The Morgan fingerprint density at radius 2 is 2.45 bits per heavy atom. The molecule has 1 amide bonds. The summed E-state index contributed by atoms with van der Waals surface area (Å²) in [5, 5.41) is 2.95. The lowest BCUT2D eigenvalue weighted by atomic mass is 10.2. The van der Waals surface area contributed by atoms with Gasteiger partial charge in [-0.1, -0.05) is 13.8 Å². The second-order valence-electron chi connectivity index (χ2n) is 5.62. The number of hydrogen-bond donors (Lipinski definition) is 1. The molecule has 2 heterocycles. The highest BCUT2D eigenvalue weighted by atomic mass is 32.1. The van der Waals surface area contributed by atoms with E-state index >= 15 is 0 Å². The molecule has 1 aliphatic rings. The fourth-order valence-corrected chi connectivity index (χ4v) is 3.11. The monoisotopic (exact) mass is 297 g/mol. The smallest absolute Gasteiger partial charge is 0.263 e. The van der Waals surface area contributed by atoms with Crippen LogP contribution in [-0.2, 0) is 4.74 Å². The molecule has 1 saturated heterocycles. The van der Waals surface area contributed by atoms with Gasteiger partial charge in [-0.3, -0.25) is 9.69 Å². The predicted octanol–water partition coefficient (Wildman–Crippen LogP) is 1.54. The minimum atomic E-state index is -0.0467. The first-order valence-corrected chi connectivity index (χ1v) is 7.96. The second-order valence-corrected chi connectivity index (χ2v) is 6.48. The Bertz CT molecular complexity index is 447. The van der Waals surface area contributed by atoms with Crippen LogP contribution in [0.2, 0.25) is 0 Å². The third-order valence-electron chi connectivity index (χ3n) is 3.29. The Kier molecular flexibility index (Phi) is 5.51. The van der Waals surface area contributed by atoms with Gasteiger partial charge in [0.25, 0.3) is 5.91 Å². The molecule has 1 atom stereocenters. The van der Waals surface area contributed by atoms with Gasteiger partial charge in [0.15, 0.2) is 0 Å². The maximum atomic E-state index is 12.0. The molecule has 0 radical (unpaired) electrons. The number of ether oxygens (including phenoxy) is 1. The van der Waals surface area contributed by atoms with Crippen molar-refractivity contribution >= 4 is 17.2 Å². The largest absolute Gasteiger partial charge is 0.374 e. The van der Waals surface area contributed by atoms with Gasteiger partial charge in [0, 0.05) is 26.2 Å². The van der Waals surface area contributed by atoms with E-state index in [1.165, 1.54) is 11.3 Å². The van der Waals surface area contributed by atoms with Crippen molar-refractivity contribution in [2.75, 3.05) is 32.8 Å². The first kappa shape index (κ1) is 15.4. The lowest BCUT2D eigenvalue weighted by Crippen LogP contribution is -2.48. The van der Waals surface area contributed by atoms with Crippen molar-refractivity contribution in [3.8, 4) is 0 Å². The Balaban J connectivity index is 1.79. The number of morpholine rings is 1. The predicted molar refractivity (Wildman–Crippen MR) is 80.2 cm³/mol. The van der Waals surface area contributed by atoms with Crippen molar-refractivity contribution in [3.63, 3.8) is 0 Å². The number of hydrogen-bond acceptors (Lipinski definition) is 5. The van der Waals surface area contributed by atoms with Gasteiger partial charge in [0.2, 0.25) is 0 Å². The summed E-state index contributed by atoms with van der Waals surface area (Å²) in [5.41, 5.74) is 2.49. The molecule has 1 aromatic heterocycles. The van der Waals surface area contributed by atoms with Crippen LogP contribution < -0.4 is 5.32 Å². The number of nitrogens with one attached hydrogen (secondary N) is 1. The van der Waals surface area contributed by atoms with Gasteiger partial charge in [-0.15, -0.1) is 11.3 Å². The molecule has 0 aliphatic carbocycles. The maximum absolute atomic E-state index is 12.0. The van der Waals surface area contributed by atoms with E-state index in [4.69, 9.17) is 4.74 Å². The first-order valence-electron chi connectivity index (χ1n) is 7.08. The summed E-state index contributed by atoms with van der Waals surface area (Å²) in [5.74, 6) is 0.609. The Morgan fingerprint density at radius 3 is 3.10 bits per heavy atom. The zero-order valence-electron chi connectivity index (χ0n) is 12.4. The van der Waals surface area contributed by atoms with Crippen molar-refractivity contribution < 1.29 is 9.53 Å². The van der Waals surface area contributed by atoms with Crippen molar-refractivity contribution in [1.29, 1.82) is 0 Å². The number of aryl methyl sites for hydroxylation is 1. The van der Waals surface area contributed by atoms with Crippen molar-refractivity contribution in [1.82, 2.24) is 15.2 Å². The zero-order valence-corrected chi connectivity index (χ0v) is 13.2. The standard InChI is InChI=1S/C14H23N3O2S/c1-10(2)7-17-4-5-19-12(8-17)6-15-14(18)13-11(3)16-9-20-13/h9-10,12H,4-8H2,1-3H3,(H,15,18). The summed E-state index contributed by atoms with van der Waals surface area (Å²) >= 11 is 1.38. The van der Waals surface area contributed by atoms with Crippen LogP contribution in [-0.4, -0.2) is 54.7 Å². The number of aromatic nitrogens is 1. The highest BCUT2D eigenvalue weighted by Crippen LogP contribution is 2.12. The number of thiazole rings is 1. The quantitative estimate of drug-likeness (QED) is 0.896. The number of amides is 1. The fourth-order valence-electron chi connectivity index (χ4n) is 2.39. The molecule has 5 nitrogen and oxygen atoms in total. The molecule has 20 heavy (non-hydrogen) atoms. The summed E-state index contributed by atoms with van der Waals surface area (Å²) in [6.07, 6.45) is 0.0830. The molecule has 1 aromatic rings. The minimum Gasteiger partial charge on any atom is -0.374 e. The van der Waals surface area contributed by atoms with Gasteiger partial charge >= 0.3 is 0 Å². The van der Waals surface area contributed by atoms with Crippen molar-refractivity contribution in [3.05, 3.63) is 16.1 Å². The highest BCUT2D eigenvalue weighted by Gasteiger charge is 2.22. The van der Waals surface area contributed by atoms with Crippen LogP contribution in [0.15, 0.2) is 5.51 Å². The number of nitrogens with zero attached hydrogens (tertiary/aromatic N) is 2. The molecule has 0 bridgehead atoms. The van der Waals surface area contributed by atoms with E-state index in [9.17, 15) is 4.79 Å². The molecule has 2 rings (SSSR count). The highest BCUT2D eigenvalue weighted by molar-refractivity contribution is 7.11. The van der Waals surface area contributed by atoms with E-state index in [1.54, 1.807) is 5.51 Å². The van der Waals surface area contributed by atoms with Crippen molar-refractivity contribution in [2.24, 2.45) is 5.92 Å². The van der Waals surface area contributed by atoms with E-state index in [1.807, 2.05) is 6.92 Å². The third kappa shape index (κ3) is 4.26. The topological polar surface area (TPSA) is 54.5 Å². The van der Waals surface area contributed by atoms with E-state index in [0.717, 1.165) is 31.9 Å². The van der Waals surface area contributed by atoms with Gasteiger partial charge in [-0.2, -0.15) is 0 Å². The number of carbonyl (C=O) groups is 1. The number of carbonyl (C=O) groups excluding carboxylic acids is 1. The molecular formula is C14H23N3O2S. The maximum Gasteiger partial charge on any atom is 0.263 e. The molecule has 1 fully saturated rings. The zero-order chi connectivity index (χ0) is 14.5. The Morgan fingerprint density at radius 1 is 1.65 bits per heavy atom. The summed E-state index contributed by atoms with van der Waals surface area (Å²) in [6.45, 7) is 10.6. The van der Waals surface area contributed by atoms with Gasteiger partial charge in [0.05, 0.1) is 23.9 Å². The number of rotatable bonds is 5. The van der Waals surface area contributed by atoms with Crippen LogP contribution in [0.5, 0.6) is 0 Å². The normalized spacial score (nSPS) is 20.3. The Hall–Kier alpha value is -0.980. The van der Waals surface area contributed by atoms with Crippen molar-refractivity contribution in [2.45, 2.75) is 26.9 Å². The van der Waals surface area contributed by atoms with Gasteiger partial charge in [0.1, 0.15) is 4.88 Å². The molecule has 1 unspecified atom stereocenters. The fraction of sp³-hybridized carbons (Fsp3) is 0.714. The van der Waals surface area contributed by atoms with E-state index in [0.29, 0.717) is 17.3 Å². The third-order valence-corrected chi connectivity index (χ3v) is 4.22. The van der Waals surface area contributed by atoms with Crippen LogP contribution >= 0.6 is 11.3 Å². The second kappa shape index (κ2) is 7.15. The molecule has 112 valence electrons. The van der Waals surface area contributed by atoms with Gasteiger partial charge < -0.3 is 10.1 Å². The molecule has 0 spiro atoms. The van der Waals surface area contributed by atoms with E-state index in [-0.39, 0.29) is 12.0 Å². The van der Waals surface area contributed by atoms with Crippen LogP contribution in [0.1, 0.15) is 29.2 Å². The van der Waals surface area contributed by atoms with Gasteiger partial charge in [-0.25, -0.2) is 4.98 Å². The SMILES string of the molecule is Cc1ncsc1C(=O)NCC1CN(CC(C)C)CCO1. The average molecular weight is 297 g/mol. The average Bonchev–Trinajstić information content (AvgIpc) is 2.82. The molecule has 1 N–H and O–H groups in total. The molecule has 6 heteroatoms. The van der Waals surface area contributed by atoms with Crippen LogP contribution in [0.3, 0.4) is 0 Å². The summed E-state index contributed by atoms with van der Waals surface area (Å²) in [7, 11) is 0. The lowest BCUT2D eigenvalue weighted by molar-refractivity contribution is -0.0295. The molecular weight excluding hydrogens is 274 g/mol. The Labute approximate surface area is 124 Å². The summed E-state index contributed by atoms with van der Waals surface area (Å²) in [6, 6.07) is 0. The summed E-state index contributed by atoms with van der Waals surface area (Å²) < 4.78 is 5.72. The molecule has 1 aliphatic heterocycles. The molecule has 0 aromatic carbocycles. The first-order chi connectivity index (χ1) is 9.56. The lowest BCUT2D eigenvalue weighted by Gasteiger charge is -2.33.